The molecule has 0 amide bonds. The van der Waals surface area contributed by atoms with E-state index in [2.05, 4.69) is 25.3 Å². The molecule has 0 saturated heterocycles. The van der Waals surface area contributed by atoms with Crippen LogP contribution in [0.4, 0.5) is 17.1 Å². The number of nitrogens with two attached hydrogens (primary N) is 2. The SMILES string of the molecule is COS(=O)(=O)[O-].C[N+](C)(C)CCSc1cc(N)c([N+](=O)[O-])cc1N. The molecular formula is C12H22N4O6S2. The molecule has 10 nitrogen and oxygen atoms in total. The Morgan fingerprint density at radius 3 is 2.12 bits per heavy atom. The van der Waals surface area contributed by atoms with Crippen LogP contribution in [-0.4, -0.2) is 62.9 Å². The lowest BCUT2D eigenvalue weighted by molar-refractivity contribution is -0.867. The van der Waals surface area contributed by atoms with E-state index in [0.717, 1.165) is 28.8 Å². The molecule has 1 rings (SSSR count). The standard InChI is InChI=1S/C11H19N4O2S.CH4O4S/c1-15(2,3)4-5-18-11-7-8(12)10(14(16)17)6-9(11)13;1-5-6(2,3)4/h6-7H,4-5,12-13H2,1-3H3;1H3,(H,2,3,4)/q+1;/p-1. The van der Waals surface area contributed by atoms with Gasteiger partial charge in [0.05, 0.1) is 45.4 Å². The fourth-order valence-electron chi connectivity index (χ4n) is 1.31. The molecule has 0 heterocycles. The number of hydrogen-bond acceptors (Lipinski definition) is 9. The number of nitro groups is 1. The first kappa shape index (κ1) is 22.4. The summed E-state index contributed by atoms with van der Waals surface area (Å²) in [5.74, 6) is 0.880. The highest BCUT2D eigenvalue weighted by Crippen LogP contribution is 2.33. The van der Waals surface area contributed by atoms with Crippen LogP contribution in [0.1, 0.15) is 0 Å². The average molecular weight is 382 g/mol. The van der Waals surface area contributed by atoms with E-state index >= 15 is 0 Å². The number of nitrogens with zero attached hydrogens (tertiary/aromatic N) is 2. The van der Waals surface area contributed by atoms with Gasteiger partial charge in [-0.15, -0.1) is 11.8 Å². The molecule has 0 aliphatic carbocycles. The van der Waals surface area contributed by atoms with E-state index in [1.807, 2.05) is 0 Å². The maximum atomic E-state index is 10.7. The van der Waals surface area contributed by atoms with Gasteiger partial charge in [-0.3, -0.25) is 14.3 Å². The highest BCUT2D eigenvalue weighted by Gasteiger charge is 2.15. The predicted molar refractivity (Wildman–Crippen MR) is 92.3 cm³/mol. The second kappa shape index (κ2) is 9.03. The van der Waals surface area contributed by atoms with Gasteiger partial charge < -0.3 is 20.5 Å². The fraction of sp³-hybridized carbons (Fsp3) is 0.500. The molecule has 4 N–H and O–H groups in total. The quantitative estimate of drug-likeness (QED) is 0.137. The third kappa shape index (κ3) is 9.52. The van der Waals surface area contributed by atoms with E-state index in [1.54, 1.807) is 17.8 Å². The maximum absolute atomic E-state index is 10.7. The van der Waals surface area contributed by atoms with Gasteiger partial charge in [-0.05, 0) is 6.07 Å². The van der Waals surface area contributed by atoms with Gasteiger partial charge in [-0.1, -0.05) is 0 Å². The summed E-state index contributed by atoms with van der Waals surface area (Å²) in [6.07, 6.45) is 0. The van der Waals surface area contributed by atoms with Crippen molar-refractivity contribution in [3.63, 3.8) is 0 Å². The van der Waals surface area contributed by atoms with Gasteiger partial charge in [0.2, 0.25) is 10.4 Å². The van der Waals surface area contributed by atoms with E-state index < -0.39 is 15.3 Å². The molecule has 12 heteroatoms. The molecule has 1 aromatic rings. The third-order valence-corrected chi connectivity index (χ3v) is 4.04. The van der Waals surface area contributed by atoms with Crippen molar-refractivity contribution in [2.45, 2.75) is 4.90 Å². The Labute approximate surface area is 145 Å². The van der Waals surface area contributed by atoms with Crippen molar-refractivity contribution in [2.24, 2.45) is 0 Å². The largest absolute Gasteiger partial charge is 0.726 e. The summed E-state index contributed by atoms with van der Waals surface area (Å²) >= 11 is 1.57. The predicted octanol–water partition coefficient (Wildman–Crippen LogP) is 0.651. The Morgan fingerprint density at radius 1 is 1.25 bits per heavy atom. The Kier molecular flexibility index (Phi) is 8.43. The molecule has 0 bridgehead atoms. The number of benzene rings is 1. The van der Waals surface area contributed by atoms with Crippen molar-refractivity contribution in [1.29, 1.82) is 0 Å². The lowest BCUT2D eigenvalue weighted by Crippen LogP contribution is -2.36. The number of thioether (sulfide) groups is 1. The Morgan fingerprint density at radius 2 is 1.75 bits per heavy atom. The van der Waals surface area contributed by atoms with Crippen LogP contribution >= 0.6 is 11.8 Å². The highest BCUT2D eigenvalue weighted by molar-refractivity contribution is 7.99. The van der Waals surface area contributed by atoms with Crippen molar-refractivity contribution >= 4 is 39.2 Å². The molecule has 138 valence electrons. The smallest absolute Gasteiger partial charge is 0.294 e. The van der Waals surface area contributed by atoms with Crippen LogP contribution in [-0.2, 0) is 14.6 Å². The Bertz CT molecular complexity index is 673. The zero-order valence-corrected chi connectivity index (χ0v) is 15.5. The molecular weight excluding hydrogens is 360 g/mol. The summed E-state index contributed by atoms with van der Waals surface area (Å²) in [5, 5.41) is 10.7. The molecule has 0 saturated carbocycles. The van der Waals surface area contributed by atoms with Crippen molar-refractivity contribution in [1.82, 2.24) is 0 Å². The van der Waals surface area contributed by atoms with Crippen molar-refractivity contribution < 1.29 is 26.6 Å². The van der Waals surface area contributed by atoms with Crippen molar-refractivity contribution in [3.05, 3.63) is 22.2 Å². The Hall–Kier alpha value is -1.60. The first-order chi connectivity index (χ1) is 10.8. The van der Waals surface area contributed by atoms with E-state index in [0.29, 0.717) is 5.69 Å². The zero-order chi connectivity index (χ0) is 19.1. The van der Waals surface area contributed by atoms with E-state index in [1.165, 1.54) is 6.07 Å². The van der Waals surface area contributed by atoms with Crippen LogP contribution in [0.2, 0.25) is 0 Å². The first-order valence-electron chi connectivity index (χ1n) is 6.55. The number of quaternary nitrogens is 1. The molecule has 0 unspecified atom stereocenters. The molecule has 0 aromatic heterocycles. The van der Waals surface area contributed by atoms with E-state index in [4.69, 9.17) is 11.5 Å². The van der Waals surface area contributed by atoms with Crippen molar-refractivity contribution in [3.8, 4) is 0 Å². The lowest BCUT2D eigenvalue weighted by atomic mass is 10.2. The summed E-state index contributed by atoms with van der Waals surface area (Å²) in [7, 11) is 2.71. The number of hydrogen-bond donors (Lipinski definition) is 2. The first-order valence-corrected chi connectivity index (χ1v) is 8.87. The van der Waals surface area contributed by atoms with Gasteiger partial charge in [-0.2, -0.15) is 0 Å². The van der Waals surface area contributed by atoms with Gasteiger partial charge in [0.15, 0.2) is 0 Å². The zero-order valence-electron chi connectivity index (χ0n) is 13.9. The number of nitrogen functional groups attached to an aromatic ring is 2. The van der Waals surface area contributed by atoms with Crippen molar-refractivity contribution in [2.75, 3.05) is 52.0 Å². The summed E-state index contributed by atoms with van der Waals surface area (Å²) in [4.78, 5) is 11.0. The van der Waals surface area contributed by atoms with E-state index in [9.17, 15) is 23.1 Å². The van der Waals surface area contributed by atoms with Gasteiger partial charge >= 0.3 is 0 Å². The number of anilines is 2. The molecule has 0 fully saturated rings. The van der Waals surface area contributed by atoms with Crippen LogP contribution in [0.3, 0.4) is 0 Å². The maximum Gasteiger partial charge on any atom is 0.294 e. The van der Waals surface area contributed by atoms with Gasteiger partial charge in [-0.25, -0.2) is 8.42 Å². The fourth-order valence-corrected chi connectivity index (χ4v) is 2.61. The topological polar surface area (TPSA) is 162 Å². The van der Waals surface area contributed by atoms with E-state index in [-0.39, 0.29) is 11.4 Å². The summed E-state index contributed by atoms with van der Waals surface area (Å²) < 4.78 is 31.9. The van der Waals surface area contributed by atoms with Gasteiger partial charge in [0.25, 0.3) is 5.69 Å². The van der Waals surface area contributed by atoms with Gasteiger partial charge in [0.1, 0.15) is 5.69 Å². The normalized spacial score (nSPS) is 11.5. The van der Waals surface area contributed by atoms with Crippen LogP contribution < -0.4 is 11.5 Å². The second-order valence-corrected chi connectivity index (χ2v) is 7.93. The minimum absolute atomic E-state index is 0.136. The lowest BCUT2D eigenvalue weighted by Gasteiger charge is -2.23. The molecule has 24 heavy (non-hydrogen) atoms. The van der Waals surface area contributed by atoms with Crippen LogP contribution in [0.5, 0.6) is 0 Å². The summed E-state index contributed by atoms with van der Waals surface area (Å²) in [6.45, 7) is 0.973. The minimum Gasteiger partial charge on any atom is -0.726 e. The highest BCUT2D eigenvalue weighted by atomic mass is 32.3. The van der Waals surface area contributed by atoms with Crippen LogP contribution in [0.15, 0.2) is 17.0 Å². The molecule has 0 radical (unpaired) electrons. The summed E-state index contributed by atoms with van der Waals surface area (Å²) in [6, 6.07) is 2.90. The average Bonchev–Trinajstić information content (AvgIpc) is 2.40. The second-order valence-electron chi connectivity index (χ2n) is 5.64. The summed E-state index contributed by atoms with van der Waals surface area (Å²) in [5.41, 5.74) is 11.9. The van der Waals surface area contributed by atoms with Crippen LogP contribution in [0.25, 0.3) is 0 Å². The minimum atomic E-state index is -4.41. The molecule has 0 aliphatic heterocycles. The third-order valence-electron chi connectivity index (χ3n) is 2.58. The van der Waals surface area contributed by atoms with Crippen LogP contribution in [0, 0.1) is 10.1 Å². The molecule has 0 aliphatic rings. The molecule has 0 atom stereocenters. The monoisotopic (exact) mass is 382 g/mol. The number of nitro benzene ring substituents is 1. The number of rotatable bonds is 6. The van der Waals surface area contributed by atoms with Gasteiger partial charge in [0, 0.05) is 16.7 Å². The molecule has 0 spiro atoms. The Balaban J connectivity index is 0.000000754. The molecule has 1 aromatic carbocycles.